The van der Waals surface area contributed by atoms with E-state index < -0.39 is 44.3 Å². The molecular weight excluding hydrogens is 515 g/mol. The van der Waals surface area contributed by atoms with E-state index in [-0.39, 0.29) is 25.5 Å². The number of carbonyl (C=O) groups is 1. The fourth-order valence-electron chi connectivity index (χ4n) is 3.72. The summed E-state index contributed by atoms with van der Waals surface area (Å²) in [4.78, 5) is 35.3. The average Bonchev–Trinajstić information content (AvgIpc) is 3.28. The molecule has 3 N–H and O–H groups in total. The fraction of sp³-hybridized carbons (Fsp3) is 0.320. The van der Waals surface area contributed by atoms with E-state index in [0.717, 1.165) is 15.0 Å². The van der Waals surface area contributed by atoms with E-state index in [9.17, 15) is 19.3 Å². The molecule has 0 radical (unpaired) electrons. The summed E-state index contributed by atoms with van der Waals surface area (Å²) in [5, 5.41) is 10.5. The van der Waals surface area contributed by atoms with Crippen molar-refractivity contribution in [2.45, 2.75) is 44.4 Å². The third-order valence-electron chi connectivity index (χ3n) is 5.67. The highest BCUT2D eigenvalue weighted by Gasteiger charge is 2.44. The molecule has 0 amide bonds. The Labute approximate surface area is 219 Å². The third kappa shape index (κ3) is 7.00. The van der Waals surface area contributed by atoms with E-state index in [0.29, 0.717) is 5.75 Å². The van der Waals surface area contributed by atoms with Crippen molar-refractivity contribution in [1.82, 2.24) is 14.4 Å². The average molecular weight is 543 g/mol. The molecule has 5 atom stereocenters. The zero-order valence-corrected chi connectivity index (χ0v) is 21.4. The number of nitrogen functional groups attached to an aromatic ring is 1. The van der Waals surface area contributed by atoms with Crippen LogP contribution in [0.2, 0.25) is 0 Å². The number of aromatic nitrogens is 2. The lowest BCUT2D eigenvalue weighted by molar-refractivity contribution is -0.178. The summed E-state index contributed by atoms with van der Waals surface area (Å²) in [6.45, 7) is 1.31. The van der Waals surface area contributed by atoms with E-state index >= 15 is 0 Å². The number of anilines is 1. The Kier molecular flexibility index (Phi) is 9.16. The molecule has 13 heteroatoms. The standard InChI is InChI=1S/C25H27N4O8P/c1-17(24(31)34-15-18-8-4-2-5-9-18)29(38(33)37-19-10-6-3-7-11-19)35-16-20-14-21(30)23(36-20)28-13-12-22(26)27-25(28)32/h2-13,17,20-21,23,30H,14-16H2,1H3,(H-,26,27,32)/p+1/t17-,20-,21?,23+/m0/s1. The molecule has 4 rings (SSSR count). The number of aliphatic hydroxyl groups is 1. The van der Waals surface area contributed by atoms with Crippen LogP contribution in [0.1, 0.15) is 25.1 Å². The van der Waals surface area contributed by atoms with Crippen LogP contribution < -0.4 is 15.9 Å². The van der Waals surface area contributed by atoms with Gasteiger partial charge in [-0.1, -0.05) is 48.5 Å². The van der Waals surface area contributed by atoms with Crippen LogP contribution in [0.3, 0.4) is 0 Å². The second-order valence-corrected chi connectivity index (χ2v) is 9.56. The second-order valence-electron chi connectivity index (χ2n) is 8.50. The number of carbonyl (C=O) groups excluding carboxylic acids is 1. The van der Waals surface area contributed by atoms with Gasteiger partial charge in [-0.25, -0.2) is 9.32 Å². The zero-order valence-electron chi connectivity index (χ0n) is 20.5. The van der Waals surface area contributed by atoms with Crippen molar-refractivity contribution in [1.29, 1.82) is 0 Å². The Balaban J connectivity index is 1.43. The smallest absolute Gasteiger partial charge is 0.459 e. The summed E-state index contributed by atoms with van der Waals surface area (Å²) in [6.07, 6.45) is -1.26. The number of nitrogens with two attached hydrogens (primary N) is 1. The SMILES string of the molecule is C[C@@H](C(=O)OCc1ccccc1)N(OC[C@@H]1CC(O)[C@H](n2ccc(N)nc2=O)O1)[P+](=O)Oc1ccccc1. The Morgan fingerprint density at radius 1 is 1.21 bits per heavy atom. The van der Waals surface area contributed by atoms with Gasteiger partial charge in [-0.2, -0.15) is 4.98 Å². The van der Waals surface area contributed by atoms with Crippen LogP contribution in [0.5, 0.6) is 5.75 Å². The Hall–Kier alpha value is -3.67. The van der Waals surface area contributed by atoms with Crippen molar-refractivity contribution >= 4 is 20.0 Å². The number of ether oxygens (including phenoxy) is 2. The monoisotopic (exact) mass is 543 g/mol. The lowest BCUT2D eigenvalue weighted by Crippen LogP contribution is -2.38. The zero-order chi connectivity index (χ0) is 27.1. The van der Waals surface area contributed by atoms with Crippen molar-refractivity contribution in [2.75, 3.05) is 12.3 Å². The fourth-order valence-corrected chi connectivity index (χ4v) is 4.64. The van der Waals surface area contributed by atoms with E-state index in [4.69, 9.17) is 24.6 Å². The molecule has 1 aliphatic rings. The van der Waals surface area contributed by atoms with Gasteiger partial charge < -0.3 is 20.3 Å². The van der Waals surface area contributed by atoms with Gasteiger partial charge in [0.15, 0.2) is 18.0 Å². The van der Waals surface area contributed by atoms with Crippen LogP contribution >= 0.6 is 8.18 Å². The van der Waals surface area contributed by atoms with Crippen molar-refractivity contribution < 1.29 is 33.3 Å². The summed E-state index contributed by atoms with van der Waals surface area (Å²) in [6, 6.07) is 17.8. The van der Waals surface area contributed by atoms with Gasteiger partial charge in [0.2, 0.25) is 0 Å². The molecule has 3 aromatic rings. The number of benzene rings is 2. The van der Waals surface area contributed by atoms with E-state index in [1.54, 1.807) is 30.3 Å². The molecule has 0 spiro atoms. The van der Waals surface area contributed by atoms with Crippen LogP contribution in [0, 0.1) is 0 Å². The normalized spacial score (nSPS) is 20.2. The van der Waals surface area contributed by atoms with Crippen LogP contribution in [0.4, 0.5) is 5.82 Å². The minimum Gasteiger partial charge on any atom is -0.459 e. The number of hydrogen-bond acceptors (Lipinski definition) is 10. The Morgan fingerprint density at radius 3 is 2.58 bits per heavy atom. The molecule has 2 unspecified atom stereocenters. The molecule has 1 saturated heterocycles. The summed E-state index contributed by atoms with van der Waals surface area (Å²) >= 11 is 0. The molecule has 200 valence electrons. The number of hydroxylamine groups is 1. The van der Waals surface area contributed by atoms with E-state index in [2.05, 4.69) is 4.98 Å². The van der Waals surface area contributed by atoms with Gasteiger partial charge in [0.1, 0.15) is 18.5 Å². The lowest BCUT2D eigenvalue weighted by Gasteiger charge is -2.19. The Morgan fingerprint density at radius 2 is 1.89 bits per heavy atom. The quantitative estimate of drug-likeness (QED) is 0.208. The number of aliphatic hydroxyl groups excluding tert-OH is 1. The first kappa shape index (κ1) is 27.4. The predicted molar refractivity (Wildman–Crippen MR) is 136 cm³/mol. The molecule has 1 aliphatic heterocycles. The van der Waals surface area contributed by atoms with Crippen molar-refractivity contribution in [2.24, 2.45) is 0 Å². The minimum absolute atomic E-state index is 0.0260. The largest absolute Gasteiger partial charge is 0.693 e. The van der Waals surface area contributed by atoms with E-state index in [1.165, 1.54) is 19.2 Å². The maximum Gasteiger partial charge on any atom is 0.693 e. The molecule has 0 saturated carbocycles. The van der Waals surface area contributed by atoms with Gasteiger partial charge in [0.05, 0.1) is 17.5 Å². The minimum atomic E-state index is -2.69. The number of rotatable bonds is 11. The van der Waals surface area contributed by atoms with Gasteiger partial charge in [-0.3, -0.25) is 14.2 Å². The molecule has 38 heavy (non-hydrogen) atoms. The Bertz CT molecular complexity index is 1290. The highest BCUT2D eigenvalue weighted by molar-refractivity contribution is 7.36. The van der Waals surface area contributed by atoms with Crippen LogP contribution in [0.25, 0.3) is 0 Å². The van der Waals surface area contributed by atoms with Crippen LogP contribution in [-0.4, -0.2) is 50.3 Å². The lowest BCUT2D eigenvalue weighted by atomic mass is 10.2. The second kappa shape index (κ2) is 12.7. The maximum absolute atomic E-state index is 13.1. The number of para-hydroxylation sites is 1. The summed E-state index contributed by atoms with van der Waals surface area (Å²) in [5.74, 6) is -0.321. The summed E-state index contributed by atoms with van der Waals surface area (Å²) in [7, 11) is -2.69. The molecule has 2 aromatic carbocycles. The third-order valence-corrected chi connectivity index (χ3v) is 6.82. The molecule has 0 aliphatic carbocycles. The van der Waals surface area contributed by atoms with Gasteiger partial charge in [0, 0.05) is 17.2 Å². The van der Waals surface area contributed by atoms with Crippen molar-refractivity contribution in [3.63, 3.8) is 0 Å². The summed E-state index contributed by atoms with van der Waals surface area (Å²) in [5.41, 5.74) is 5.64. The highest BCUT2D eigenvalue weighted by Crippen LogP contribution is 2.35. The predicted octanol–water partition coefficient (Wildman–Crippen LogP) is 2.58. The highest BCUT2D eigenvalue weighted by atomic mass is 31.1. The van der Waals surface area contributed by atoms with E-state index in [1.807, 2.05) is 30.3 Å². The first-order chi connectivity index (χ1) is 18.3. The molecule has 0 bridgehead atoms. The number of hydrogen-bond donors (Lipinski definition) is 2. The topological polar surface area (TPSA) is 155 Å². The van der Waals surface area contributed by atoms with Gasteiger partial charge in [-0.15, -0.1) is 0 Å². The van der Waals surface area contributed by atoms with Gasteiger partial charge >= 0.3 is 19.8 Å². The number of esters is 1. The number of nitrogens with zero attached hydrogens (tertiary/aromatic N) is 3. The molecule has 2 heterocycles. The van der Waals surface area contributed by atoms with Crippen LogP contribution in [0.15, 0.2) is 77.7 Å². The summed E-state index contributed by atoms with van der Waals surface area (Å²) < 4.78 is 31.0. The van der Waals surface area contributed by atoms with Crippen molar-refractivity contribution in [3.8, 4) is 5.75 Å². The van der Waals surface area contributed by atoms with Gasteiger partial charge in [-0.05, 0) is 30.7 Å². The maximum atomic E-state index is 13.1. The molecule has 12 nitrogen and oxygen atoms in total. The molecular formula is C25H28N4O8P+. The van der Waals surface area contributed by atoms with Crippen molar-refractivity contribution in [3.05, 3.63) is 89.0 Å². The molecule has 1 aromatic heterocycles. The molecule has 1 fully saturated rings. The van der Waals surface area contributed by atoms with Crippen LogP contribution in [-0.2, 0) is 30.3 Å². The first-order valence-corrected chi connectivity index (χ1v) is 13.0. The first-order valence-electron chi connectivity index (χ1n) is 11.8. The van der Waals surface area contributed by atoms with Gasteiger partial charge in [0.25, 0.3) is 0 Å².